The number of nitrogens with zero attached hydrogens (tertiary/aromatic N) is 1. The van der Waals surface area contributed by atoms with E-state index in [1.807, 2.05) is 6.07 Å². The third-order valence-electron chi connectivity index (χ3n) is 5.52. The summed E-state index contributed by atoms with van der Waals surface area (Å²) in [5, 5.41) is 19.1. The van der Waals surface area contributed by atoms with Crippen LogP contribution in [0, 0.1) is 0 Å². The normalized spacial score (nSPS) is 14.8. The second-order valence-electron chi connectivity index (χ2n) is 7.51. The number of hydrogen-bond acceptors (Lipinski definition) is 5. The molecular weight excluding hydrogens is 374 g/mol. The predicted molar refractivity (Wildman–Crippen MR) is 109 cm³/mol. The first-order valence-electron chi connectivity index (χ1n) is 9.61. The number of nitrogens with one attached hydrogen (secondary N) is 1. The molecule has 0 unspecified atom stereocenters. The number of benzene rings is 1. The first-order valence-corrected chi connectivity index (χ1v) is 9.61. The van der Waals surface area contributed by atoms with Gasteiger partial charge in [-0.2, -0.15) is 0 Å². The molecule has 0 radical (unpaired) electrons. The van der Waals surface area contributed by atoms with Gasteiger partial charge in [-0.25, -0.2) is 9.59 Å². The average molecular weight is 399 g/mol. The van der Waals surface area contributed by atoms with Crippen LogP contribution >= 0.6 is 0 Å². The van der Waals surface area contributed by atoms with E-state index < -0.39 is 28.6 Å². The van der Waals surface area contributed by atoms with Crippen molar-refractivity contribution in [2.45, 2.75) is 44.7 Å². The Morgan fingerprint density at radius 2 is 1.79 bits per heavy atom. The Morgan fingerprint density at radius 1 is 1.14 bits per heavy atom. The number of aromatic nitrogens is 1. The van der Waals surface area contributed by atoms with E-state index >= 15 is 0 Å². The highest BCUT2D eigenvalue weighted by atomic mass is 16.4. The number of anilines is 1. The quantitative estimate of drug-likeness (QED) is 0.586. The average Bonchev–Trinajstić information content (AvgIpc) is 2.67. The fourth-order valence-corrected chi connectivity index (χ4v) is 4.10. The minimum atomic E-state index is -1.51. The molecule has 2 aromatic rings. The van der Waals surface area contributed by atoms with Crippen molar-refractivity contribution in [3.63, 3.8) is 0 Å². The summed E-state index contributed by atoms with van der Waals surface area (Å²) in [5.74, 6) is -3.28. The van der Waals surface area contributed by atoms with E-state index in [0.29, 0.717) is 18.2 Å². The smallest absolute Gasteiger partial charge is 0.342 e. The van der Waals surface area contributed by atoms with E-state index in [4.69, 9.17) is 5.73 Å². The van der Waals surface area contributed by atoms with Gasteiger partial charge in [0.25, 0.3) is 5.56 Å². The zero-order chi connectivity index (χ0) is 21.1. The topological polar surface area (TPSA) is 137 Å². The number of carboxylic acid groups (broad SMARTS) is 2. The van der Waals surface area contributed by atoms with E-state index in [2.05, 4.69) is 16.9 Å². The summed E-state index contributed by atoms with van der Waals surface area (Å²) in [6.45, 7) is 0.641. The van der Waals surface area contributed by atoms with E-state index in [9.17, 15) is 24.6 Å². The Hall–Kier alpha value is -3.13. The molecule has 3 rings (SSSR count). The molecule has 1 fully saturated rings. The maximum Gasteiger partial charge on any atom is 0.342 e. The standard InChI is InChI=1S/C21H25N3O5/c1-24(14-8-3-2-4-9-14)11-12-6-5-7-13(10-12)15-16(20(26)27)18(22)23-19(25)17(15)21(28)29/h5-7,10,14H,2-4,8-9,11H2,1H3,(H,26,27)(H,28,29)(H3,22,23,25). The molecule has 0 amide bonds. The summed E-state index contributed by atoms with van der Waals surface area (Å²) >= 11 is 0. The van der Waals surface area contributed by atoms with E-state index in [0.717, 1.165) is 18.4 Å². The van der Waals surface area contributed by atoms with Gasteiger partial charge >= 0.3 is 11.9 Å². The lowest BCUT2D eigenvalue weighted by Gasteiger charge is -2.31. The molecule has 0 spiro atoms. The zero-order valence-corrected chi connectivity index (χ0v) is 16.3. The van der Waals surface area contributed by atoms with Gasteiger partial charge in [0, 0.05) is 18.2 Å². The van der Waals surface area contributed by atoms with E-state index in [1.54, 1.807) is 18.2 Å². The molecule has 1 aromatic heterocycles. The Morgan fingerprint density at radius 3 is 2.41 bits per heavy atom. The lowest BCUT2D eigenvalue weighted by atomic mass is 9.93. The summed E-state index contributed by atoms with van der Waals surface area (Å²) in [6, 6.07) is 7.45. The molecular formula is C21H25N3O5. The van der Waals surface area contributed by atoms with Gasteiger partial charge in [-0.3, -0.25) is 9.69 Å². The SMILES string of the molecule is CN(Cc1cccc(-c2c(C(=O)O)c(N)[nH]c(=O)c2C(=O)O)c1)C1CCCCC1. The van der Waals surface area contributed by atoms with Crippen molar-refractivity contribution in [1.29, 1.82) is 0 Å². The number of aromatic carboxylic acids is 2. The van der Waals surface area contributed by atoms with Gasteiger partial charge in [-0.05, 0) is 37.1 Å². The maximum absolute atomic E-state index is 12.2. The van der Waals surface area contributed by atoms with Gasteiger partial charge in [0.05, 0.1) is 0 Å². The van der Waals surface area contributed by atoms with Gasteiger partial charge in [0.1, 0.15) is 16.9 Å². The van der Waals surface area contributed by atoms with Crippen molar-refractivity contribution < 1.29 is 19.8 Å². The fourth-order valence-electron chi connectivity index (χ4n) is 4.10. The van der Waals surface area contributed by atoms with Gasteiger partial charge in [0.2, 0.25) is 0 Å². The number of pyridine rings is 1. The van der Waals surface area contributed by atoms with Crippen molar-refractivity contribution in [1.82, 2.24) is 9.88 Å². The van der Waals surface area contributed by atoms with Crippen molar-refractivity contribution in [3.05, 3.63) is 51.3 Å². The first kappa shape index (κ1) is 20.6. The zero-order valence-electron chi connectivity index (χ0n) is 16.3. The maximum atomic E-state index is 12.2. The molecule has 8 heteroatoms. The summed E-state index contributed by atoms with van der Waals surface area (Å²) in [7, 11) is 2.05. The highest BCUT2D eigenvalue weighted by Crippen LogP contribution is 2.30. The Labute approximate surface area is 168 Å². The van der Waals surface area contributed by atoms with Crippen molar-refractivity contribution >= 4 is 17.8 Å². The molecule has 0 saturated heterocycles. The number of carboxylic acids is 2. The highest BCUT2D eigenvalue weighted by molar-refractivity contribution is 6.07. The summed E-state index contributed by atoms with van der Waals surface area (Å²) in [4.78, 5) is 40.1. The second-order valence-corrected chi connectivity index (χ2v) is 7.51. The van der Waals surface area contributed by atoms with Crippen LogP contribution in [0.1, 0.15) is 58.4 Å². The Kier molecular flexibility index (Phi) is 6.03. The molecule has 1 aliphatic carbocycles. The molecule has 1 saturated carbocycles. The minimum absolute atomic E-state index is 0.173. The number of aromatic amines is 1. The third kappa shape index (κ3) is 4.32. The largest absolute Gasteiger partial charge is 0.478 e. The fraction of sp³-hybridized carbons (Fsp3) is 0.381. The number of H-pyrrole nitrogens is 1. The van der Waals surface area contributed by atoms with E-state index in [1.165, 1.54) is 19.3 Å². The molecule has 154 valence electrons. The third-order valence-corrected chi connectivity index (χ3v) is 5.52. The summed E-state index contributed by atoms with van der Waals surface area (Å²) in [6.07, 6.45) is 5.98. The highest BCUT2D eigenvalue weighted by Gasteiger charge is 2.27. The lowest BCUT2D eigenvalue weighted by Crippen LogP contribution is -2.32. The van der Waals surface area contributed by atoms with Crippen LogP contribution < -0.4 is 11.3 Å². The van der Waals surface area contributed by atoms with Gasteiger partial charge in [-0.15, -0.1) is 0 Å². The van der Waals surface area contributed by atoms with Gasteiger partial charge < -0.3 is 20.9 Å². The lowest BCUT2D eigenvalue weighted by molar-refractivity contribution is 0.0695. The van der Waals surface area contributed by atoms with Crippen LogP contribution in [0.25, 0.3) is 11.1 Å². The van der Waals surface area contributed by atoms with Crippen LogP contribution in [0.3, 0.4) is 0 Å². The van der Waals surface area contributed by atoms with Crippen LogP contribution in [0.5, 0.6) is 0 Å². The molecule has 0 aliphatic heterocycles. The predicted octanol–water partition coefficient (Wildman–Crippen LogP) is 2.79. The monoisotopic (exact) mass is 399 g/mol. The Balaban J connectivity index is 2.05. The number of nitrogen functional groups attached to an aromatic ring is 1. The molecule has 1 heterocycles. The molecule has 1 aromatic carbocycles. The Bertz CT molecular complexity index is 992. The van der Waals surface area contributed by atoms with Gasteiger partial charge in [-0.1, -0.05) is 37.5 Å². The molecule has 29 heavy (non-hydrogen) atoms. The minimum Gasteiger partial charge on any atom is -0.478 e. The molecule has 0 atom stereocenters. The van der Waals surface area contributed by atoms with Crippen LogP contribution in [-0.2, 0) is 6.54 Å². The molecule has 5 N–H and O–H groups in total. The van der Waals surface area contributed by atoms with Crippen LogP contribution in [0.4, 0.5) is 5.82 Å². The first-order chi connectivity index (χ1) is 13.8. The molecule has 1 aliphatic rings. The van der Waals surface area contributed by atoms with Crippen molar-refractivity contribution in [2.24, 2.45) is 0 Å². The van der Waals surface area contributed by atoms with E-state index in [-0.39, 0.29) is 11.4 Å². The summed E-state index contributed by atoms with van der Waals surface area (Å²) in [5.41, 5.74) is 4.80. The second kappa shape index (κ2) is 8.48. The number of hydrogen-bond donors (Lipinski definition) is 4. The van der Waals surface area contributed by atoms with Crippen molar-refractivity contribution in [3.8, 4) is 11.1 Å². The van der Waals surface area contributed by atoms with Crippen LogP contribution in [0.15, 0.2) is 29.1 Å². The van der Waals surface area contributed by atoms with Crippen molar-refractivity contribution in [2.75, 3.05) is 12.8 Å². The van der Waals surface area contributed by atoms with Crippen LogP contribution in [0.2, 0.25) is 0 Å². The number of carbonyl (C=O) groups is 2. The summed E-state index contributed by atoms with van der Waals surface area (Å²) < 4.78 is 0. The number of rotatable bonds is 6. The number of nitrogens with two attached hydrogens (primary N) is 1. The molecule has 0 bridgehead atoms. The molecule has 8 nitrogen and oxygen atoms in total. The van der Waals surface area contributed by atoms with Crippen LogP contribution in [-0.4, -0.2) is 45.1 Å². The van der Waals surface area contributed by atoms with Gasteiger partial charge in [0.15, 0.2) is 0 Å².